The molecule has 1 aliphatic heterocycles. The van der Waals surface area contributed by atoms with E-state index in [-0.39, 0.29) is 17.4 Å². The van der Waals surface area contributed by atoms with E-state index in [1.54, 1.807) is 0 Å². The summed E-state index contributed by atoms with van der Waals surface area (Å²) in [6.07, 6.45) is 0.899. The van der Waals surface area contributed by atoms with Crippen LogP contribution in [0.1, 0.15) is 44.9 Å². The lowest BCUT2D eigenvalue weighted by Gasteiger charge is -2.34. The van der Waals surface area contributed by atoms with E-state index >= 15 is 0 Å². The third-order valence-corrected chi connectivity index (χ3v) is 3.95. The number of fused-ring (bicyclic) bond motifs is 1. The molecule has 20 heavy (non-hydrogen) atoms. The molecule has 2 rings (SSSR count). The van der Waals surface area contributed by atoms with Gasteiger partial charge < -0.3 is 4.90 Å². The van der Waals surface area contributed by atoms with Crippen LogP contribution in [0.5, 0.6) is 0 Å². The van der Waals surface area contributed by atoms with Gasteiger partial charge in [-0.2, -0.15) is 0 Å². The summed E-state index contributed by atoms with van der Waals surface area (Å²) < 4.78 is 1.05. The fourth-order valence-corrected chi connectivity index (χ4v) is 2.75. The van der Waals surface area contributed by atoms with E-state index < -0.39 is 0 Å². The summed E-state index contributed by atoms with van der Waals surface area (Å²) in [5, 5.41) is 0. The zero-order valence-electron chi connectivity index (χ0n) is 12.5. The number of nitrogens with zero attached hydrogens (tertiary/aromatic N) is 1. The van der Waals surface area contributed by atoms with Gasteiger partial charge in [-0.25, -0.2) is 0 Å². The number of amides is 1. The zero-order chi connectivity index (χ0) is 14.9. The molecule has 1 aromatic carbocycles. The minimum Gasteiger partial charge on any atom is -0.325 e. The van der Waals surface area contributed by atoms with Crippen LogP contribution in [0, 0.1) is 17.3 Å². The van der Waals surface area contributed by atoms with Crippen molar-refractivity contribution in [3.63, 3.8) is 0 Å². The van der Waals surface area contributed by atoms with Crippen molar-refractivity contribution < 1.29 is 4.79 Å². The lowest BCUT2D eigenvalue weighted by Crippen LogP contribution is -2.38. The highest BCUT2D eigenvalue weighted by molar-refractivity contribution is 9.10. The van der Waals surface area contributed by atoms with Crippen molar-refractivity contribution >= 4 is 21.8 Å². The van der Waals surface area contributed by atoms with Crippen molar-refractivity contribution in [3.05, 3.63) is 33.8 Å². The average Bonchev–Trinajstić information content (AvgIpc) is 2.36. The standard InChI is InChI=1S/C17H20BrNO/c1-12-15-11-14(18)6-5-13(15)8-10-19(12)16(20)7-9-17(2,3)4/h5-6,11-12H,8,10H2,1-4H3. The van der Waals surface area contributed by atoms with Gasteiger partial charge in [-0.1, -0.05) is 27.9 Å². The van der Waals surface area contributed by atoms with E-state index in [4.69, 9.17) is 0 Å². The molecule has 1 aromatic rings. The topological polar surface area (TPSA) is 20.3 Å². The van der Waals surface area contributed by atoms with Crippen LogP contribution in [0.2, 0.25) is 0 Å². The molecule has 1 unspecified atom stereocenters. The predicted octanol–water partition coefficient (Wildman–Crippen LogP) is 3.94. The minimum atomic E-state index is -0.143. The molecule has 1 heterocycles. The Kier molecular flexibility index (Phi) is 4.25. The van der Waals surface area contributed by atoms with Gasteiger partial charge in [0, 0.05) is 16.4 Å². The lowest BCUT2D eigenvalue weighted by molar-refractivity contribution is -0.127. The predicted molar refractivity (Wildman–Crippen MR) is 85.2 cm³/mol. The summed E-state index contributed by atoms with van der Waals surface area (Å²) in [6.45, 7) is 8.85. The number of halogens is 1. The molecule has 0 bridgehead atoms. The van der Waals surface area contributed by atoms with Gasteiger partial charge in [0.15, 0.2) is 0 Å². The Morgan fingerprint density at radius 2 is 2.10 bits per heavy atom. The van der Waals surface area contributed by atoms with Crippen LogP contribution in [-0.2, 0) is 11.2 Å². The Morgan fingerprint density at radius 1 is 1.40 bits per heavy atom. The van der Waals surface area contributed by atoms with Crippen LogP contribution in [0.3, 0.4) is 0 Å². The van der Waals surface area contributed by atoms with Gasteiger partial charge in [-0.05, 0) is 63.3 Å². The van der Waals surface area contributed by atoms with Gasteiger partial charge in [0.1, 0.15) is 0 Å². The molecule has 1 amide bonds. The third-order valence-electron chi connectivity index (χ3n) is 3.45. The summed E-state index contributed by atoms with van der Waals surface area (Å²) in [5.74, 6) is 5.75. The van der Waals surface area contributed by atoms with Crippen LogP contribution in [0.15, 0.2) is 22.7 Å². The van der Waals surface area contributed by atoms with Crippen molar-refractivity contribution in [3.8, 4) is 11.8 Å². The Bertz CT molecular complexity index is 589. The maximum atomic E-state index is 12.3. The molecule has 0 aliphatic carbocycles. The largest absolute Gasteiger partial charge is 0.325 e. The highest BCUT2D eigenvalue weighted by Gasteiger charge is 2.26. The second-order valence-electron chi connectivity index (χ2n) is 6.27. The number of hydrogen-bond acceptors (Lipinski definition) is 1. The maximum Gasteiger partial charge on any atom is 0.298 e. The molecule has 0 fully saturated rings. The van der Waals surface area contributed by atoms with E-state index in [1.807, 2.05) is 25.7 Å². The first kappa shape index (κ1) is 15.1. The molecular formula is C17H20BrNO. The third kappa shape index (κ3) is 3.43. The average molecular weight is 334 g/mol. The zero-order valence-corrected chi connectivity index (χ0v) is 14.0. The highest BCUT2D eigenvalue weighted by atomic mass is 79.9. The molecule has 0 spiro atoms. The molecule has 0 radical (unpaired) electrons. The molecular weight excluding hydrogens is 314 g/mol. The van der Waals surface area contributed by atoms with Crippen molar-refractivity contribution in [2.45, 2.75) is 40.2 Å². The second kappa shape index (κ2) is 5.61. The Hall–Kier alpha value is -1.27. The van der Waals surface area contributed by atoms with Crippen LogP contribution in [0.4, 0.5) is 0 Å². The monoisotopic (exact) mass is 333 g/mol. The number of rotatable bonds is 0. The van der Waals surface area contributed by atoms with Gasteiger partial charge in [0.2, 0.25) is 0 Å². The van der Waals surface area contributed by atoms with Gasteiger partial charge >= 0.3 is 0 Å². The summed E-state index contributed by atoms with van der Waals surface area (Å²) in [5.41, 5.74) is 2.40. The van der Waals surface area contributed by atoms with Crippen molar-refractivity contribution in [1.29, 1.82) is 0 Å². The Labute approximate surface area is 129 Å². The molecule has 2 nitrogen and oxygen atoms in total. The van der Waals surface area contributed by atoms with Gasteiger partial charge in [0.05, 0.1) is 6.04 Å². The molecule has 1 aliphatic rings. The molecule has 0 N–H and O–H groups in total. The summed E-state index contributed by atoms with van der Waals surface area (Å²) in [4.78, 5) is 14.2. The normalized spacial score (nSPS) is 18.1. The van der Waals surface area contributed by atoms with Crippen LogP contribution >= 0.6 is 15.9 Å². The molecule has 0 saturated heterocycles. The number of hydrogen-bond donors (Lipinski definition) is 0. The Morgan fingerprint density at radius 3 is 2.75 bits per heavy atom. The lowest BCUT2D eigenvalue weighted by atomic mass is 9.93. The fraction of sp³-hybridized carbons (Fsp3) is 0.471. The van der Waals surface area contributed by atoms with Crippen LogP contribution < -0.4 is 0 Å². The molecule has 1 atom stereocenters. The molecule has 0 aromatic heterocycles. The maximum absolute atomic E-state index is 12.3. The van der Waals surface area contributed by atoms with Gasteiger partial charge in [-0.3, -0.25) is 4.79 Å². The van der Waals surface area contributed by atoms with E-state index in [0.29, 0.717) is 0 Å². The quantitative estimate of drug-likeness (QED) is 0.658. The number of carbonyl (C=O) groups is 1. The first-order valence-electron chi connectivity index (χ1n) is 6.90. The van der Waals surface area contributed by atoms with E-state index in [0.717, 1.165) is 17.4 Å². The minimum absolute atomic E-state index is 0.0712. The van der Waals surface area contributed by atoms with Gasteiger partial charge in [0.25, 0.3) is 5.91 Å². The first-order chi connectivity index (χ1) is 9.28. The Balaban J connectivity index is 2.24. The van der Waals surface area contributed by atoms with Gasteiger partial charge in [-0.15, -0.1) is 0 Å². The summed E-state index contributed by atoms with van der Waals surface area (Å²) >= 11 is 3.50. The van der Waals surface area contributed by atoms with E-state index in [1.165, 1.54) is 11.1 Å². The van der Waals surface area contributed by atoms with Crippen LogP contribution in [-0.4, -0.2) is 17.4 Å². The summed E-state index contributed by atoms with van der Waals surface area (Å²) in [6, 6.07) is 6.38. The fourth-order valence-electron chi connectivity index (χ4n) is 2.38. The van der Waals surface area contributed by atoms with Crippen LogP contribution in [0.25, 0.3) is 0 Å². The van der Waals surface area contributed by atoms with Crippen molar-refractivity contribution in [2.75, 3.05) is 6.54 Å². The SMILES string of the molecule is CC1c2cc(Br)ccc2CCN1C(=O)C#CC(C)(C)C. The first-order valence-corrected chi connectivity index (χ1v) is 7.69. The molecule has 0 saturated carbocycles. The summed E-state index contributed by atoms with van der Waals surface area (Å²) in [7, 11) is 0. The number of carbonyl (C=O) groups excluding carboxylic acids is 1. The number of benzene rings is 1. The highest BCUT2D eigenvalue weighted by Crippen LogP contribution is 2.31. The van der Waals surface area contributed by atoms with Crippen molar-refractivity contribution in [2.24, 2.45) is 5.41 Å². The molecule has 106 valence electrons. The second-order valence-corrected chi connectivity index (χ2v) is 7.18. The smallest absolute Gasteiger partial charge is 0.298 e. The van der Waals surface area contributed by atoms with E-state index in [2.05, 4.69) is 52.9 Å². The molecule has 3 heteroatoms. The van der Waals surface area contributed by atoms with Crippen molar-refractivity contribution in [1.82, 2.24) is 4.90 Å². The van der Waals surface area contributed by atoms with E-state index in [9.17, 15) is 4.79 Å².